The summed E-state index contributed by atoms with van der Waals surface area (Å²) in [5.74, 6) is 5.34. The molecule has 0 aliphatic rings. The van der Waals surface area contributed by atoms with Crippen LogP contribution in [0.25, 0.3) is 0 Å². The number of hydrazine groups is 1. The van der Waals surface area contributed by atoms with E-state index in [1.165, 1.54) is 4.88 Å². The lowest BCUT2D eigenvalue weighted by molar-refractivity contribution is -0.383. The second-order valence-electron chi connectivity index (χ2n) is 4.33. The highest BCUT2D eigenvalue weighted by atomic mass is 32.1. The number of nitrogens with two attached hydrogens (primary N) is 1. The van der Waals surface area contributed by atoms with Gasteiger partial charge in [0.1, 0.15) is 11.4 Å². The summed E-state index contributed by atoms with van der Waals surface area (Å²) in [6.45, 7) is 0.704. The number of thiophene rings is 1. The number of nitrogen functional groups attached to an aromatic ring is 1. The highest BCUT2D eigenvalue weighted by Crippen LogP contribution is 2.34. The first-order valence-corrected chi connectivity index (χ1v) is 6.99. The zero-order valence-electron chi connectivity index (χ0n) is 11.1. The molecule has 0 fully saturated rings. The topological polar surface area (TPSA) is 84.4 Å². The Balaban J connectivity index is 2.20. The summed E-state index contributed by atoms with van der Waals surface area (Å²) in [7, 11) is 1.84. The van der Waals surface area contributed by atoms with Crippen LogP contribution in [0.5, 0.6) is 0 Å². The molecule has 7 heteroatoms. The molecule has 0 unspecified atom stereocenters. The summed E-state index contributed by atoms with van der Waals surface area (Å²) in [5, 5.41) is 13.2. The van der Waals surface area contributed by atoms with Gasteiger partial charge in [-0.1, -0.05) is 12.1 Å². The Hall–Kier alpha value is -2.12. The van der Waals surface area contributed by atoms with Gasteiger partial charge in [0.05, 0.1) is 4.92 Å². The molecule has 3 N–H and O–H groups in total. The fraction of sp³-hybridized carbons (Fsp3) is 0.231. The van der Waals surface area contributed by atoms with E-state index in [4.69, 9.17) is 5.84 Å². The molecule has 0 radical (unpaired) electrons. The van der Waals surface area contributed by atoms with E-state index < -0.39 is 4.92 Å². The number of rotatable bonds is 6. The monoisotopic (exact) mass is 292 g/mol. The predicted octanol–water partition coefficient (Wildman–Crippen LogP) is 2.62. The number of anilines is 2. The highest BCUT2D eigenvalue weighted by Gasteiger charge is 2.21. The molecule has 0 amide bonds. The number of nitro benzene ring substituents is 1. The number of nitrogens with zero attached hydrogens (tertiary/aromatic N) is 2. The van der Waals surface area contributed by atoms with Crippen LogP contribution in [0.4, 0.5) is 17.1 Å². The van der Waals surface area contributed by atoms with Crippen LogP contribution < -0.4 is 16.2 Å². The van der Waals surface area contributed by atoms with Gasteiger partial charge in [-0.15, -0.1) is 11.3 Å². The summed E-state index contributed by atoms with van der Waals surface area (Å²) < 4.78 is 0. The SMILES string of the molecule is CN(CCc1cccs1)c1cccc(NN)c1[N+](=O)[O-]. The van der Waals surface area contributed by atoms with Crippen LogP contribution in [0.15, 0.2) is 35.7 Å². The summed E-state index contributed by atoms with van der Waals surface area (Å²) >= 11 is 1.69. The molecule has 0 atom stereocenters. The molecule has 6 nitrogen and oxygen atoms in total. The zero-order valence-corrected chi connectivity index (χ0v) is 11.9. The number of likely N-dealkylation sites (N-methyl/N-ethyl adjacent to an activating group) is 1. The van der Waals surface area contributed by atoms with Gasteiger partial charge in [0, 0.05) is 18.5 Å². The molecule has 1 aromatic heterocycles. The fourth-order valence-corrected chi connectivity index (χ4v) is 2.70. The van der Waals surface area contributed by atoms with Gasteiger partial charge in [-0.25, -0.2) is 0 Å². The molecule has 1 heterocycles. The van der Waals surface area contributed by atoms with Gasteiger partial charge in [-0.3, -0.25) is 16.0 Å². The maximum Gasteiger partial charge on any atom is 0.316 e. The third-order valence-electron chi connectivity index (χ3n) is 3.04. The molecule has 0 bridgehead atoms. The normalized spacial score (nSPS) is 10.3. The van der Waals surface area contributed by atoms with Crippen molar-refractivity contribution < 1.29 is 4.92 Å². The van der Waals surface area contributed by atoms with Crippen LogP contribution in [0, 0.1) is 10.1 Å². The van der Waals surface area contributed by atoms with Crippen LogP contribution >= 0.6 is 11.3 Å². The minimum atomic E-state index is -0.411. The van der Waals surface area contributed by atoms with Gasteiger partial charge < -0.3 is 10.3 Å². The van der Waals surface area contributed by atoms with E-state index in [1.807, 2.05) is 23.4 Å². The Morgan fingerprint density at radius 2 is 2.20 bits per heavy atom. The van der Waals surface area contributed by atoms with Gasteiger partial charge >= 0.3 is 5.69 Å². The van der Waals surface area contributed by atoms with E-state index in [0.717, 1.165) is 6.42 Å². The molecule has 0 saturated carbocycles. The number of para-hydroxylation sites is 1. The predicted molar refractivity (Wildman–Crippen MR) is 82.2 cm³/mol. The summed E-state index contributed by atoms with van der Waals surface area (Å²) in [5.41, 5.74) is 3.25. The van der Waals surface area contributed by atoms with Gasteiger partial charge in [0.2, 0.25) is 0 Å². The molecule has 1 aromatic carbocycles. The summed E-state index contributed by atoms with van der Waals surface area (Å²) in [6.07, 6.45) is 0.853. The lowest BCUT2D eigenvalue weighted by atomic mass is 10.2. The quantitative estimate of drug-likeness (QED) is 0.485. The Bertz CT molecular complexity index is 586. The second-order valence-corrected chi connectivity index (χ2v) is 5.36. The molecule has 0 spiro atoms. The Labute approximate surface area is 120 Å². The molecule has 0 aliphatic heterocycles. The van der Waals surface area contributed by atoms with E-state index in [1.54, 1.807) is 29.5 Å². The standard InChI is InChI=1S/C13H16N4O2S/c1-16(8-7-10-4-3-9-20-10)12-6-2-5-11(15-14)13(12)17(18)19/h2-6,9,15H,7-8,14H2,1H3. The van der Waals surface area contributed by atoms with E-state index in [9.17, 15) is 10.1 Å². The number of hydrogen-bond acceptors (Lipinski definition) is 6. The molecular weight excluding hydrogens is 276 g/mol. The first-order chi connectivity index (χ1) is 9.63. The Kier molecular flexibility index (Phi) is 4.54. The molecule has 20 heavy (non-hydrogen) atoms. The molecular formula is C13H16N4O2S. The van der Waals surface area contributed by atoms with Gasteiger partial charge in [0.25, 0.3) is 0 Å². The van der Waals surface area contributed by atoms with Crippen molar-refractivity contribution in [3.05, 3.63) is 50.7 Å². The van der Waals surface area contributed by atoms with Crippen molar-refractivity contribution in [2.75, 3.05) is 23.9 Å². The molecule has 106 valence electrons. The van der Waals surface area contributed by atoms with Crippen molar-refractivity contribution in [3.63, 3.8) is 0 Å². The van der Waals surface area contributed by atoms with Gasteiger partial charge in [-0.05, 0) is 30.0 Å². The van der Waals surface area contributed by atoms with Crippen molar-refractivity contribution in [2.24, 2.45) is 5.84 Å². The maximum atomic E-state index is 11.2. The van der Waals surface area contributed by atoms with Crippen LogP contribution in [-0.2, 0) is 6.42 Å². The van der Waals surface area contributed by atoms with Crippen molar-refractivity contribution in [3.8, 4) is 0 Å². The molecule has 2 aromatic rings. The van der Waals surface area contributed by atoms with Crippen molar-refractivity contribution in [1.82, 2.24) is 0 Å². The lowest BCUT2D eigenvalue weighted by Gasteiger charge is -2.19. The molecule has 0 saturated heterocycles. The summed E-state index contributed by atoms with van der Waals surface area (Å²) in [4.78, 5) is 13.9. The van der Waals surface area contributed by atoms with Crippen molar-refractivity contribution >= 4 is 28.4 Å². The lowest BCUT2D eigenvalue weighted by Crippen LogP contribution is -2.22. The highest BCUT2D eigenvalue weighted by molar-refractivity contribution is 7.09. The first-order valence-electron chi connectivity index (χ1n) is 6.11. The third-order valence-corrected chi connectivity index (χ3v) is 3.97. The van der Waals surface area contributed by atoms with E-state index in [2.05, 4.69) is 11.5 Å². The van der Waals surface area contributed by atoms with Gasteiger partial charge in [-0.2, -0.15) is 0 Å². The average molecular weight is 292 g/mol. The second kappa shape index (κ2) is 6.36. The molecule has 0 aliphatic carbocycles. The smallest absolute Gasteiger partial charge is 0.316 e. The van der Waals surface area contributed by atoms with Crippen molar-refractivity contribution in [1.29, 1.82) is 0 Å². The fourth-order valence-electron chi connectivity index (χ4n) is 2.00. The Morgan fingerprint density at radius 3 is 2.80 bits per heavy atom. The van der Waals surface area contributed by atoms with Crippen LogP contribution in [-0.4, -0.2) is 18.5 Å². The van der Waals surface area contributed by atoms with Crippen LogP contribution in [0.1, 0.15) is 4.88 Å². The van der Waals surface area contributed by atoms with Crippen molar-refractivity contribution in [2.45, 2.75) is 6.42 Å². The maximum absolute atomic E-state index is 11.2. The minimum absolute atomic E-state index is 0.00341. The largest absolute Gasteiger partial charge is 0.369 e. The van der Waals surface area contributed by atoms with Crippen LogP contribution in [0.3, 0.4) is 0 Å². The number of nitro groups is 1. The number of nitrogens with one attached hydrogen (secondary N) is 1. The number of hydrogen-bond donors (Lipinski definition) is 2. The zero-order chi connectivity index (χ0) is 14.5. The van der Waals surface area contributed by atoms with Crippen LogP contribution in [0.2, 0.25) is 0 Å². The van der Waals surface area contributed by atoms with E-state index in [-0.39, 0.29) is 5.69 Å². The Morgan fingerprint density at radius 1 is 1.40 bits per heavy atom. The minimum Gasteiger partial charge on any atom is -0.369 e. The number of benzene rings is 1. The van der Waals surface area contributed by atoms with Gasteiger partial charge in [0.15, 0.2) is 0 Å². The van der Waals surface area contributed by atoms with E-state index in [0.29, 0.717) is 17.9 Å². The average Bonchev–Trinajstić information content (AvgIpc) is 2.96. The summed E-state index contributed by atoms with van der Waals surface area (Å²) in [6, 6.07) is 9.13. The third kappa shape index (κ3) is 3.06. The first kappa shape index (κ1) is 14.3. The van der Waals surface area contributed by atoms with E-state index >= 15 is 0 Å². The molecule has 2 rings (SSSR count).